The van der Waals surface area contributed by atoms with Crippen LogP contribution in [-0.4, -0.2) is 83.4 Å². The van der Waals surface area contributed by atoms with Crippen molar-refractivity contribution in [1.29, 1.82) is 0 Å². The number of carbonyl (C=O) groups excluding carboxylic acids is 3. The van der Waals surface area contributed by atoms with Crippen molar-refractivity contribution in [2.75, 3.05) is 26.7 Å². The van der Waals surface area contributed by atoms with Gasteiger partial charge in [-0.2, -0.15) is 0 Å². The van der Waals surface area contributed by atoms with Crippen LogP contribution in [0.25, 0.3) is 0 Å². The highest BCUT2D eigenvalue weighted by atomic mass is 16.6. The minimum absolute atomic E-state index is 0.0186. The molecule has 0 spiro atoms. The highest BCUT2D eigenvalue weighted by Crippen LogP contribution is 2.28. The average Bonchev–Trinajstić information content (AvgIpc) is 3.22. The summed E-state index contributed by atoms with van der Waals surface area (Å²) in [4.78, 5) is 55.3. The van der Waals surface area contributed by atoms with Gasteiger partial charge in [0.1, 0.15) is 11.8 Å². The fourth-order valence-electron chi connectivity index (χ4n) is 4.56. The maximum Gasteiger partial charge on any atom is 0.519 e. The average molecular weight is 466 g/mol. The first kappa shape index (κ1) is 24.8. The molecule has 2 aliphatic rings. The molecule has 3 heterocycles. The van der Waals surface area contributed by atoms with E-state index in [2.05, 4.69) is 10.6 Å². The van der Waals surface area contributed by atoms with E-state index in [0.29, 0.717) is 18.1 Å². The first-order chi connectivity index (χ1) is 15.5. The van der Waals surface area contributed by atoms with Gasteiger partial charge in [0, 0.05) is 24.7 Å². The molecule has 3 atom stereocenters. The maximum absolute atomic E-state index is 13.4. The molecule has 2 fully saturated rings. The molecule has 0 aromatic carbocycles. The van der Waals surface area contributed by atoms with Crippen molar-refractivity contribution < 1.29 is 23.2 Å². The van der Waals surface area contributed by atoms with Crippen molar-refractivity contribution in [1.82, 2.24) is 25.3 Å². The number of nitrogens with zero attached hydrogens (tertiary/aromatic N) is 3. The predicted octanol–water partition coefficient (Wildman–Crippen LogP) is 0.661. The van der Waals surface area contributed by atoms with Gasteiger partial charge in [-0.15, -0.1) is 0 Å². The van der Waals surface area contributed by atoms with Crippen molar-refractivity contribution >= 4 is 17.8 Å². The zero-order valence-corrected chi connectivity index (χ0v) is 20.1. The third kappa shape index (κ3) is 6.16. The van der Waals surface area contributed by atoms with E-state index < -0.39 is 11.9 Å². The normalized spacial score (nSPS) is 23.5. The van der Waals surface area contributed by atoms with E-state index in [-0.39, 0.29) is 55.6 Å². The second kappa shape index (κ2) is 10.4. The number of hydrogen-bond acceptors (Lipinski definition) is 7. The number of likely N-dealkylation sites (N-methyl/N-ethyl adjacent to an activating group) is 1. The summed E-state index contributed by atoms with van der Waals surface area (Å²) in [6.45, 7) is 8.22. The lowest BCUT2D eigenvalue weighted by Gasteiger charge is -2.38. The number of hydrogen-bond donors (Lipinski definition) is 2. The summed E-state index contributed by atoms with van der Waals surface area (Å²) >= 11 is 0. The Balaban J connectivity index is 1.69. The number of fused-ring (bicyclic) bond motifs is 1. The lowest BCUT2D eigenvalue weighted by Crippen LogP contribution is -2.61. The summed E-state index contributed by atoms with van der Waals surface area (Å²) in [5.41, 5.74) is 0. The summed E-state index contributed by atoms with van der Waals surface area (Å²) in [6.07, 6.45) is 2.53. The number of rotatable bonds is 6. The van der Waals surface area contributed by atoms with Crippen LogP contribution >= 0.6 is 0 Å². The standard InChI is InChI=1S/C22H35N5O6/c1-13(2)23-21(30)26-9-8-16-7-6-14(3)27(16)20(29)17(10-26)24-19(28)12-25(5)11-18-15(4)32-22(31)33-18/h13-14,16-17H,6-12H2,1-5H3,(H,23,30)(H,24,28). The third-order valence-corrected chi connectivity index (χ3v) is 6.17. The molecule has 2 saturated heterocycles. The minimum Gasteiger partial charge on any atom is -0.396 e. The SMILES string of the molecule is Cc1oc(=O)oc1CN(C)CC(=O)NC1CN(C(=O)NC(C)C)CCC2CCC(C)N2C1=O. The molecule has 11 heteroatoms. The van der Waals surface area contributed by atoms with Crippen LogP contribution in [-0.2, 0) is 16.1 Å². The summed E-state index contributed by atoms with van der Waals surface area (Å²) in [5, 5.41) is 5.72. The van der Waals surface area contributed by atoms with E-state index >= 15 is 0 Å². The van der Waals surface area contributed by atoms with E-state index in [4.69, 9.17) is 8.83 Å². The smallest absolute Gasteiger partial charge is 0.396 e. The molecule has 184 valence electrons. The second-order valence-corrected chi connectivity index (χ2v) is 9.39. The van der Waals surface area contributed by atoms with E-state index in [1.54, 1.807) is 23.8 Å². The fraction of sp³-hybridized carbons (Fsp3) is 0.727. The van der Waals surface area contributed by atoms with Crippen molar-refractivity contribution in [2.45, 2.75) is 77.7 Å². The van der Waals surface area contributed by atoms with Gasteiger partial charge in [0.2, 0.25) is 11.8 Å². The van der Waals surface area contributed by atoms with Crippen molar-refractivity contribution in [3.05, 3.63) is 22.1 Å². The first-order valence-electron chi connectivity index (χ1n) is 11.5. The molecule has 3 unspecified atom stereocenters. The summed E-state index contributed by atoms with van der Waals surface area (Å²) < 4.78 is 9.84. The molecule has 2 N–H and O–H groups in total. The Labute approximate surface area is 193 Å². The molecule has 0 aliphatic carbocycles. The highest BCUT2D eigenvalue weighted by Gasteiger charge is 2.41. The van der Waals surface area contributed by atoms with E-state index in [1.807, 2.05) is 25.7 Å². The third-order valence-electron chi connectivity index (χ3n) is 6.17. The van der Waals surface area contributed by atoms with Gasteiger partial charge in [-0.25, -0.2) is 9.59 Å². The maximum atomic E-state index is 13.4. The minimum atomic E-state index is -0.833. The molecule has 11 nitrogen and oxygen atoms in total. The van der Waals surface area contributed by atoms with E-state index in [0.717, 1.165) is 19.3 Å². The van der Waals surface area contributed by atoms with Gasteiger partial charge in [0.05, 0.1) is 19.6 Å². The van der Waals surface area contributed by atoms with Crippen LogP contribution in [0.3, 0.4) is 0 Å². The summed E-state index contributed by atoms with van der Waals surface area (Å²) in [5.74, 6) is -0.576. The molecule has 3 rings (SSSR count). The second-order valence-electron chi connectivity index (χ2n) is 9.39. The zero-order valence-electron chi connectivity index (χ0n) is 20.1. The predicted molar refractivity (Wildman–Crippen MR) is 119 cm³/mol. The zero-order chi connectivity index (χ0) is 24.3. The van der Waals surface area contributed by atoms with Crippen LogP contribution in [0.4, 0.5) is 4.79 Å². The molecule has 1 aromatic heterocycles. The van der Waals surface area contributed by atoms with Gasteiger partial charge in [0.15, 0.2) is 5.76 Å². The number of urea groups is 1. The van der Waals surface area contributed by atoms with Gasteiger partial charge in [-0.05, 0) is 54.0 Å². The Kier molecular flexibility index (Phi) is 7.83. The topological polar surface area (TPSA) is 128 Å². The molecule has 0 saturated carbocycles. The Hall–Kier alpha value is -2.82. The van der Waals surface area contributed by atoms with Gasteiger partial charge < -0.3 is 29.3 Å². The molecule has 0 bridgehead atoms. The molecule has 0 radical (unpaired) electrons. The summed E-state index contributed by atoms with van der Waals surface area (Å²) in [7, 11) is 1.70. The number of amides is 4. The van der Waals surface area contributed by atoms with Crippen LogP contribution in [0.2, 0.25) is 0 Å². The number of carbonyl (C=O) groups is 3. The van der Waals surface area contributed by atoms with Crippen molar-refractivity contribution in [2.24, 2.45) is 0 Å². The molecule has 33 heavy (non-hydrogen) atoms. The molecular formula is C22H35N5O6. The first-order valence-corrected chi connectivity index (χ1v) is 11.5. The van der Waals surface area contributed by atoms with Gasteiger partial charge >= 0.3 is 11.9 Å². The quantitative estimate of drug-likeness (QED) is 0.632. The van der Waals surface area contributed by atoms with Crippen LogP contribution in [0, 0.1) is 6.92 Å². The lowest BCUT2D eigenvalue weighted by atomic mass is 10.1. The molecule has 2 aliphatic heterocycles. The number of aryl methyl sites for hydroxylation is 1. The Morgan fingerprint density at radius 1 is 1.18 bits per heavy atom. The molecule has 4 amide bonds. The molecular weight excluding hydrogens is 430 g/mol. The van der Waals surface area contributed by atoms with Crippen LogP contribution in [0.15, 0.2) is 13.6 Å². The van der Waals surface area contributed by atoms with Crippen LogP contribution in [0.1, 0.15) is 51.6 Å². The molecule has 1 aromatic rings. The Morgan fingerprint density at radius 2 is 1.91 bits per heavy atom. The van der Waals surface area contributed by atoms with Gasteiger partial charge in [-0.1, -0.05) is 0 Å². The van der Waals surface area contributed by atoms with Crippen molar-refractivity contribution in [3.63, 3.8) is 0 Å². The monoisotopic (exact) mass is 465 g/mol. The highest BCUT2D eigenvalue weighted by molar-refractivity contribution is 5.89. The van der Waals surface area contributed by atoms with E-state index in [9.17, 15) is 19.2 Å². The van der Waals surface area contributed by atoms with Crippen LogP contribution < -0.4 is 16.5 Å². The van der Waals surface area contributed by atoms with Crippen LogP contribution in [0.5, 0.6) is 0 Å². The lowest BCUT2D eigenvalue weighted by molar-refractivity contribution is -0.140. The Bertz CT molecular complexity index is 925. The van der Waals surface area contributed by atoms with Gasteiger partial charge in [-0.3, -0.25) is 14.5 Å². The Morgan fingerprint density at radius 3 is 2.55 bits per heavy atom. The fourth-order valence-corrected chi connectivity index (χ4v) is 4.56. The van der Waals surface area contributed by atoms with Gasteiger partial charge in [0.25, 0.3) is 0 Å². The van der Waals surface area contributed by atoms with Crippen molar-refractivity contribution in [3.8, 4) is 0 Å². The van der Waals surface area contributed by atoms with E-state index in [1.165, 1.54) is 0 Å². The largest absolute Gasteiger partial charge is 0.519 e. The summed E-state index contributed by atoms with van der Waals surface area (Å²) in [6, 6.07) is -0.932. The number of nitrogens with one attached hydrogen (secondary N) is 2.